The van der Waals surface area contributed by atoms with Gasteiger partial charge in [-0.15, -0.1) is 0 Å². The molecule has 0 atom stereocenters. The molecule has 25 aromatic rings. The van der Waals surface area contributed by atoms with Crippen LogP contribution in [0.2, 0.25) is 0 Å². The maximum absolute atomic E-state index is 13.9. The average Bonchev–Trinajstić information content (AvgIpc) is 1.23. The SMILES string of the molecule is [2H]c1c([2H])c([2H])c(-c2ccc3oc4ccc(-c5c6c([2H])c([2H])c([2H])c([2H])c6c(-c6c([2H])c([2H])c([2H])c([2H])c6[2H])c6c([2H])c([2H])c([2H])c([2H])c56)cc4c3c2)c([2H])c1[2H].[2H]c1c([2H])c([2H])c2c(-c3ccc4oc5ccc(-c6ccc(-c7cc(F)cc(F)c7)cc6)cc5c4c3)c3c([2H])c([2H])c([2H])c([2H])c3c(-c3ccccc3)c2c1[2H].[2H]c1c([2H])c([2H])c2c(-c3ccc4oc5cccc(-c6cccc(C(C)(C)C)c6)c5c4c3)c3c([2H])c([2H])c([2H])c([2H])c3c(-c3ccccc3)c2c1[2H]. The second-order valence-corrected chi connectivity index (χ2v) is 32.1. The summed E-state index contributed by atoms with van der Waals surface area (Å²) in [6, 6.07) is 51.1. The first kappa shape index (κ1) is 49.4. The minimum atomic E-state index is -0.765. The number of halogens is 2. The molecule has 0 aliphatic rings. The number of furan rings is 3. The van der Waals surface area contributed by atoms with E-state index in [0.717, 1.165) is 44.5 Å². The van der Waals surface area contributed by atoms with Gasteiger partial charge in [0.2, 0.25) is 0 Å². The molecule has 0 bridgehead atoms. The summed E-state index contributed by atoms with van der Waals surface area (Å²) >= 11 is 0. The van der Waals surface area contributed by atoms with Crippen molar-refractivity contribution in [3.63, 3.8) is 0 Å². The molecular weight excluding hydrogens is 1580 g/mol. The zero-order valence-corrected chi connectivity index (χ0v) is 68.5. The fourth-order valence-corrected chi connectivity index (χ4v) is 17.7. The molecule has 0 saturated carbocycles. The smallest absolute Gasteiger partial charge is 0.136 e. The van der Waals surface area contributed by atoms with E-state index < -0.39 is 180 Å². The van der Waals surface area contributed by atoms with Crippen molar-refractivity contribution in [2.75, 3.05) is 0 Å². The highest BCUT2D eigenvalue weighted by molar-refractivity contribution is 6.26. The maximum Gasteiger partial charge on any atom is 0.136 e. The molecule has 0 radical (unpaired) electrons. The Hall–Kier alpha value is -16.3. The van der Waals surface area contributed by atoms with Crippen LogP contribution in [0.25, 0.3) is 242 Å². The van der Waals surface area contributed by atoms with E-state index in [9.17, 15) is 19.7 Å². The Morgan fingerprint density at radius 2 is 0.481 bits per heavy atom. The van der Waals surface area contributed by atoms with Crippen molar-refractivity contribution in [3.8, 4) is 111 Å². The van der Waals surface area contributed by atoms with Crippen molar-refractivity contribution in [3.05, 3.63) is 459 Å². The van der Waals surface area contributed by atoms with Crippen molar-refractivity contribution in [2.45, 2.75) is 26.2 Å². The van der Waals surface area contributed by atoms with Crippen LogP contribution in [0.15, 0.2) is 455 Å². The first-order valence-electron chi connectivity index (χ1n) is 58.2. The van der Waals surface area contributed by atoms with Gasteiger partial charge in [-0.3, -0.25) is 0 Å². The average molecular weight is 1690 g/mol. The second kappa shape index (κ2) is 32.0. The van der Waals surface area contributed by atoms with E-state index in [1.807, 2.05) is 66.7 Å². The van der Waals surface area contributed by atoms with Crippen molar-refractivity contribution in [1.29, 1.82) is 0 Å². The normalized spacial score (nSPS) is 15.4. The van der Waals surface area contributed by atoms with Gasteiger partial charge in [-0.1, -0.05) is 378 Å². The standard InChI is InChI=1S/C44H26F2O.C42H32O.C38H24O/c45-33-22-32(23-34(46)26-33)28-16-14-27(15-17-28)30-18-20-41-39(24-30)40-25-31(19-21-42(40)47-41)44-37-12-6-4-10-35(37)43(29-8-2-1-3-9-29)36-11-5-7-13-38(36)44;1-42(2,3)30-16-11-15-28(25-30)31-21-12-22-38-41(31)36-26-29(23-24-37(36)43-38)40-34-19-9-7-17-32(34)39(27-13-5-4-6-14-27)33-18-8-10-20-35(33)40;1-3-11-25(12-4-1)27-19-21-35-33(23-27)34-24-28(20-22-36(34)39-35)38-31-17-9-7-15-29(31)37(26-13-5-2-6-14-26)30-16-8-10-18-32(30)38/h1-26H;4-26H,1-3H3;1-24H/i4D,5D,6D,7D,10D,11D,12D,13D;7D,8D,9D,10D,17D,18D,19D,20D;1D,2D,3D,4D,5D,6D,7D,8D,9D,10D,11D,12D,13D,14D,15D,16D,17D,18D. The molecule has 0 amide bonds. The van der Waals surface area contributed by atoms with Crippen LogP contribution in [0.5, 0.6) is 0 Å². The zero-order valence-electron chi connectivity index (χ0n) is 102. The molecule has 3 nitrogen and oxygen atoms in total. The lowest BCUT2D eigenvalue weighted by Crippen LogP contribution is -2.10. The molecule has 3 heterocycles. The molecule has 0 N–H and O–H groups in total. The number of hydrogen-bond donors (Lipinski definition) is 0. The van der Waals surface area contributed by atoms with Crippen LogP contribution in [0.1, 0.15) is 72.9 Å². The van der Waals surface area contributed by atoms with E-state index in [4.69, 9.17) is 48.9 Å². The number of fused-ring (bicyclic) bond motifs is 15. The maximum atomic E-state index is 13.9. The molecule has 5 heteroatoms. The highest BCUT2D eigenvalue weighted by atomic mass is 19.1. The van der Waals surface area contributed by atoms with Crippen LogP contribution in [-0.4, -0.2) is 0 Å². The third-order valence-electron chi connectivity index (χ3n) is 23.5. The van der Waals surface area contributed by atoms with Gasteiger partial charge in [0.05, 0.1) is 46.6 Å². The molecule has 610 valence electrons. The van der Waals surface area contributed by atoms with E-state index in [2.05, 4.69) is 51.1 Å². The third kappa shape index (κ3) is 13.9. The van der Waals surface area contributed by atoms with Gasteiger partial charge in [0, 0.05) is 38.4 Å². The van der Waals surface area contributed by atoms with Gasteiger partial charge >= 0.3 is 0 Å². The Kier molecular flexibility index (Phi) is 12.3. The van der Waals surface area contributed by atoms with Crippen LogP contribution in [0.4, 0.5) is 8.78 Å². The highest BCUT2D eigenvalue weighted by Crippen LogP contribution is 2.51. The topological polar surface area (TPSA) is 39.4 Å². The van der Waals surface area contributed by atoms with Crippen molar-refractivity contribution >= 4 is 130 Å². The lowest BCUT2D eigenvalue weighted by Gasteiger charge is -2.20. The Labute approximate surface area is 792 Å². The summed E-state index contributed by atoms with van der Waals surface area (Å²) in [5.74, 6) is -1.32. The van der Waals surface area contributed by atoms with Crippen LogP contribution in [-0.2, 0) is 5.41 Å². The Bertz CT molecular complexity index is 10600. The van der Waals surface area contributed by atoms with Gasteiger partial charge in [-0.25, -0.2) is 8.78 Å². The monoisotopic (exact) mass is 1690 g/mol. The molecule has 3 aromatic heterocycles. The van der Waals surface area contributed by atoms with Crippen LogP contribution in [0, 0.1) is 11.6 Å². The summed E-state index contributed by atoms with van der Waals surface area (Å²) in [6.07, 6.45) is 0. The predicted octanol–water partition coefficient (Wildman–Crippen LogP) is 35.9. The van der Waals surface area contributed by atoms with E-state index in [1.165, 1.54) is 23.8 Å². The van der Waals surface area contributed by atoms with Crippen LogP contribution >= 0.6 is 0 Å². The van der Waals surface area contributed by atoms with Gasteiger partial charge in [0.1, 0.15) is 45.1 Å². The summed E-state index contributed by atoms with van der Waals surface area (Å²) in [7, 11) is 0. The Morgan fingerprint density at radius 3 is 0.868 bits per heavy atom. The molecule has 0 saturated heterocycles. The highest BCUT2D eigenvalue weighted by Gasteiger charge is 2.25. The van der Waals surface area contributed by atoms with E-state index in [1.54, 1.807) is 115 Å². The Morgan fingerprint density at radius 1 is 0.194 bits per heavy atom. The quantitative estimate of drug-likeness (QED) is 0.128. The molecule has 0 aliphatic carbocycles. The fourth-order valence-electron chi connectivity index (χ4n) is 17.7. The van der Waals surface area contributed by atoms with Gasteiger partial charge < -0.3 is 13.3 Å². The molecule has 129 heavy (non-hydrogen) atoms. The third-order valence-corrected chi connectivity index (χ3v) is 23.5. The van der Waals surface area contributed by atoms with Crippen molar-refractivity contribution < 1.29 is 68.6 Å². The zero-order chi connectivity index (χ0) is 116. The van der Waals surface area contributed by atoms with Gasteiger partial charge in [0.25, 0.3) is 0 Å². The summed E-state index contributed by atoms with van der Waals surface area (Å²) in [4.78, 5) is 0. The van der Waals surface area contributed by atoms with Gasteiger partial charge in [-0.05, 0) is 266 Å². The lowest BCUT2D eigenvalue weighted by molar-refractivity contribution is 0.584. The number of rotatable bonds is 10. The molecule has 0 fully saturated rings. The van der Waals surface area contributed by atoms with Gasteiger partial charge in [-0.2, -0.15) is 0 Å². The molecule has 0 spiro atoms. The molecule has 0 unspecified atom stereocenters. The van der Waals surface area contributed by atoms with Crippen molar-refractivity contribution in [1.82, 2.24) is 0 Å². The van der Waals surface area contributed by atoms with E-state index in [0.29, 0.717) is 99.7 Å². The molecular formula is C124H82F2O3. The fraction of sp³-hybridized carbons (Fsp3) is 0.0323. The van der Waals surface area contributed by atoms with E-state index in [-0.39, 0.29) is 146 Å². The van der Waals surface area contributed by atoms with Crippen LogP contribution < -0.4 is 0 Å². The largest absolute Gasteiger partial charge is 0.456 e. The van der Waals surface area contributed by atoms with Gasteiger partial charge in [0.15, 0.2) is 0 Å². The van der Waals surface area contributed by atoms with Crippen LogP contribution in [0.3, 0.4) is 0 Å². The van der Waals surface area contributed by atoms with E-state index >= 15 is 0 Å². The summed E-state index contributed by atoms with van der Waals surface area (Å²) < 4.78 is 345. The molecule has 25 rings (SSSR count). The minimum Gasteiger partial charge on any atom is -0.456 e. The molecule has 22 aromatic carbocycles. The predicted molar refractivity (Wildman–Crippen MR) is 539 cm³/mol. The summed E-state index contributed by atoms with van der Waals surface area (Å²) in [5.41, 5.74) is 11.7. The molecule has 0 aliphatic heterocycles. The first-order chi connectivity index (χ1) is 77.5. The summed E-state index contributed by atoms with van der Waals surface area (Å²) in [6.45, 7) is 6.52. The second-order valence-electron chi connectivity index (χ2n) is 32.1. The number of hydrogen-bond acceptors (Lipinski definition) is 3. The number of benzene rings is 22. The van der Waals surface area contributed by atoms with Crippen molar-refractivity contribution in [2.24, 2.45) is 0 Å². The minimum absolute atomic E-state index is 0.0550. The first-order valence-corrected chi connectivity index (χ1v) is 41.2. The Balaban J connectivity index is 0.000000131. The lowest BCUT2D eigenvalue weighted by atomic mass is 9.84. The summed E-state index contributed by atoms with van der Waals surface area (Å²) in [5, 5.41) is 4.02.